The van der Waals surface area contributed by atoms with Crippen molar-refractivity contribution >= 4 is 17.5 Å². The van der Waals surface area contributed by atoms with Gasteiger partial charge in [0.25, 0.3) is 0 Å². The maximum absolute atomic E-state index is 12.5. The average Bonchev–Trinajstić information content (AvgIpc) is 2.97. The molecule has 0 aliphatic carbocycles. The Bertz CT molecular complexity index is 550. The summed E-state index contributed by atoms with van der Waals surface area (Å²) >= 11 is 0. The molecule has 1 aromatic rings. The number of benzene rings is 1. The molecule has 3 rings (SSSR count). The van der Waals surface area contributed by atoms with Crippen LogP contribution >= 0.6 is 0 Å². The lowest BCUT2D eigenvalue weighted by molar-refractivity contribution is -0.145. The van der Waals surface area contributed by atoms with Gasteiger partial charge in [-0.05, 0) is 24.6 Å². The zero-order chi connectivity index (χ0) is 14.8. The fourth-order valence-electron chi connectivity index (χ4n) is 3.07. The van der Waals surface area contributed by atoms with Gasteiger partial charge < -0.3 is 14.7 Å². The third-order valence-electron chi connectivity index (χ3n) is 4.42. The van der Waals surface area contributed by atoms with Gasteiger partial charge in [-0.25, -0.2) is 0 Å². The van der Waals surface area contributed by atoms with E-state index in [1.807, 2.05) is 24.3 Å². The van der Waals surface area contributed by atoms with Crippen molar-refractivity contribution in [1.29, 1.82) is 0 Å². The third kappa shape index (κ3) is 2.65. The normalized spacial score (nSPS) is 18.7. The molecule has 21 heavy (non-hydrogen) atoms. The van der Waals surface area contributed by atoms with Crippen LogP contribution < -0.4 is 4.90 Å². The van der Waals surface area contributed by atoms with Gasteiger partial charge in [0.2, 0.25) is 0 Å². The Kier molecular flexibility index (Phi) is 3.92. The molecule has 1 fully saturated rings. The smallest absolute Gasteiger partial charge is 0.316 e. The summed E-state index contributed by atoms with van der Waals surface area (Å²) in [5, 5.41) is 0. The van der Waals surface area contributed by atoms with Crippen LogP contribution in [0.3, 0.4) is 0 Å². The predicted molar refractivity (Wildman–Crippen MR) is 81.2 cm³/mol. The molecule has 0 bridgehead atoms. The minimum absolute atomic E-state index is 0.359. The first-order valence-electron chi connectivity index (χ1n) is 7.61. The minimum atomic E-state index is -0.384. The Morgan fingerprint density at radius 3 is 2.43 bits per heavy atom. The van der Waals surface area contributed by atoms with E-state index in [-0.39, 0.29) is 11.8 Å². The molecular formula is C16H21N3O2. The van der Waals surface area contributed by atoms with Crippen molar-refractivity contribution < 1.29 is 9.59 Å². The monoisotopic (exact) mass is 287 g/mol. The second-order valence-electron chi connectivity index (χ2n) is 5.56. The van der Waals surface area contributed by atoms with Crippen LogP contribution in [0.15, 0.2) is 24.3 Å². The number of fused-ring (bicyclic) bond motifs is 1. The molecule has 2 aliphatic rings. The van der Waals surface area contributed by atoms with E-state index in [9.17, 15) is 9.59 Å². The molecule has 0 spiro atoms. The van der Waals surface area contributed by atoms with Crippen LogP contribution in [0.1, 0.15) is 12.5 Å². The summed E-state index contributed by atoms with van der Waals surface area (Å²) in [7, 11) is 0. The van der Waals surface area contributed by atoms with Crippen molar-refractivity contribution in [3.8, 4) is 0 Å². The van der Waals surface area contributed by atoms with Crippen LogP contribution in [-0.2, 0) is 16.0 Å². The standard InChI is InChI=1S/C16H21N3O2/c1-2-17-9-11-18(12-10-17)15(20)16(21)19-8-7-13-5-3-4-6-14(13)19/h3-6H,2,7-12H2,1H3. The number of rotatable bonds is 1. The topological polar surface area (TPSA) is 43.9 Å². The minimum Gasteiger partial charge on any atom is -0.332 e. The largest absolute Gasteiger partial charge is 0.332 e. The average molecular weight is 287 g/mol. The van der Waals surface area contributed by atoms with Gasteiger partial charge in [0.05, 0.1) is 0 Å². The third-order valence-corrected chi connectivity index (χ3v) is 4.42. The van der Waals surface area contributed by atoms with E-state index in [2.05, 4.69) is 11.8 Å². The van der Waals surface area contributed by atoms with Crippen molar-refractivity contribution in [2.24, 2.45) is 0 Å². The summed E-state index contributed by atoms with van der Waals surface area (Å²) in [4.78, 5) is 30.5. The Balaban J connectivity index is 1.68. The van der Waals surface area contributed by atoms with Gasteiger partial charge >= 0.3 is 11.8 Å². The van der Waals surface area contributed by atoms with Crippen molar-refractivity contribution in [2.45, 2.75) is 13.3 Å². The number of anilines is 1. The molecule has 0 atom stereocenters. The number of para-hydroxylation sites is 1. The summed E-state index contributed by atoms with van der Waals surface area (Å²) < 4.78 is 0. The first-order chi connectivity index (χ1) is 10.2. The first kappa shape index (κ1) is 14.1. The quantitative estimate of drug-likeness (QED) is 0.716. The fourth-order valence-corrected chi connectivity index (χ4v) is 3.07. The number of amides is 2. The number of hydrogen-bond acceptors (Lipinski definition) is 3. The lowest BCUT2D eigenvalue weighted by atomic mass is 10.2. The van der Waals surface area contributed by atoms with Crippen LogP contribution in [0.25, 0.3) is 0 Å². The van der Waals surface area contributed by atoms with Crippen LogP contribution in [0, 0.1) is 0 Å². The van der Waals surface area contributed by atoms with Crippen molar-refractivity contribution in [3.05, 3.63) is 29.8 Å². The number of carbonyl (C=O) groups excluding carboxylic acids is 2. The van der Waals surface area contributed by atoms with Gasteiger partial charge in [-0.3, -0.25) is 9.59 Å². The second kappa shape index (κ2) is 5.85. The number of hydrogen-bond donors (Lipinski definition) is 0. The highest BCUT2D eigenvalue weighted by Crippen LogP contribution is 2.27. The molecule has 0 aromatic heterocycles. The van der Waals surface area contributed by atoms with Gasteiger partial charge in [0.1, 0.15) is 0 Å². The van der Waals surface area contributed by atoms with Gasteiger partial charge in [-0.2, -0.15) is 0 Å². The molecule has 2 aliphatic heterocycles. The molecule has 1 aromatic carbocycles. The molecule has 0 N–H and O–H groups in total. The van der Waals surface area contributed by atoms with E-state index in [4.69, 9.17) is 0 Å². The van der Waals surface area contributed by atoms with E-state index in [1.54, 1.807) is 9.80 Å². The number of piperazine rings is 1. The van der Waals surface area contributed by atoms with Crippen molar-refractivity contribution in [2.75, 3.05) is 44.2 Å². The van der Waals surface area contributed by atoms with Crippen LogP contribution in [-0.4, -0.2) is 60.9 Å². The summed E-state index contributed by atoms with van der Waals surface area (Å²) in [5.74, 6) is -0.743. The summed E-state index contributed by atoms with van der Waals surface area (Å²) in [6, 6.07) is 7.82. The zero-order valence-corrected chi connectivity index (χ0v) is 12.4. The molecule has 5 nitrogen and oxygen atoms in total. The van der Waals surface area contributed by atoms with E-state index in [0.717, 1.165) is 37.3 Å². The predicted octanol–water partition coefficient (Wildman–Crippen LogP) is 0.740. The zero-order valence-electron chi connectivity index (χ0n) is 12.4. The fraction of sp³-hybridized carbons (Fsp3) is 0.500. The summed E-state index contributed by atoms with van der Waals surface area (Å²) in [5.41, 5.74) is 2.04. The number of carbonyl (C=O) groups is 2. The van der Waals surface area contributed by atoms with Gasteiger partial charge in [-0.15, -0.1) is 0 Å². The Morgan fingerprint density at radius 2 is 1.71 bits per heavy atom. The van der Waals surface area contributed by atoms with E-state index in [0.29, 0.717) is 19.6 Å². The Hall–Kier alpha value is -1.88. The highest BCUT2D eigenvalue weighted by molar-refractivity contribution is 6.40. The van der Waals surface area contributed by atoms with Crippen LogP contribution in [0.5, 0.6) is 0 Å². The van der Waals surface area contributed by atoms with E-state index < -0.39 is 0 Å². The first-order valence-corrected chi connectivity index (χ1v) is 7.61. The van der Waals surface area contributed by atoms with Crippen molar-refractivity contribution in [1.82, 2.24) is 9.80 Å². The number of likely N-dealkylation sites (N-methyl/N-ethyl adjacent to an activating group) is 1. The highest BCUT2D eigenvalue weighted by Gasteiger charge is 2.32. The maximum Gasteiger partial charge on any atom is 0.316 e. The molecule has 5 heteroatoms. The van der Waals surface area contributed by atoms with Crippen molar-refractivity contribution in [3.63, 3.8) is 0 Å². The highest BCUT2D eigenvalue weighted by atomic mass is 16.2. The molecule has 2 amide bonds. The molecule has 0 unspecified atom stereocenters. The van der Waals surface area contributed by atoms with Crippen LogP contribution in [0.2, 0.25) is 0 Å². The summed E-state index contributed by atoms with van der Waals surface area (Å²) in [6.45, 7) is 6.72. The molecule has 2 heterocycles. The lowest BCUT2D eigenvalue weighted by Crippen LogP contribution is -2.53. The van der Waals surface area contributed by atoms with Gasteiger partial charge in [0, 0.05) is 38.4 Å². The Morgan fingerprint density at radius 1 is 1.00 bits per heavy atom. The molecule has 1 saturated heterocycles. The number of nitrogens with zero attached hydrogens (tertiary/aromatic N) is 3. The van der Waals surface area contributed by atoms with Crippen LogP contribution in [0.4, 0.5) is 5.69 Å². The molecule has 112 valence electrons. The lowest BCUT2D eigenvalue weighted by Gasteiger charge is -2.34. The molecular weight excluding hydrogens is 266 g/mol. The molecule has 0 saturated carbocycles. The molecule has 0 radical (unpaired) electrons. The second-order valence-corrected chi connectivity index (χ2v) is 5.56. The van der Waals surface area contributed by atoms with Gasteiger partial charge in [0.15, 0.2) is 0 Å². The summed E-state index contributed by atoms with van der Waals surface area (Å²) in [6.07, 6.45) is 0.832. The Labute approximate surface area is 125 Å². The SMILES string of the molecule is CCN1CCN(C(=O)C(=O)N2CCc3ccccc32)CC1. The van der Waals surface area contributed by atoms with E-state index >= 15 is 0 Å². The van der Waals surface area contributed by atoms with Gasteiger partial charge in [-0.1, -0.05) is 25.1 Å². The van der Waals surface area contributed by atoms with E-state index in [1.165, 1.54) is 0 Å². The maximum atomic E-state index is 12.5.